The molecule has 0 aliphatic heterocycles. The van der Waals surface area contributed by atoms with Gasteiger partial charge in [-0.05, 0) is 51.7 Å². The molecule has 0 N–H and O–H groups in total. The number of para-hydroxylation sites is 1. The topological polar surface area (TPSA) is 44.9 Å². The summed E-state index contributed by atoms with van der Waals surface area (Å²) in [6.07, 6.45) is 5.46. The molecule has 0 saturated heterocycles. The second kappa shape index (κ2) is 12.5. The number of hydrogen-bond acceptors (Lipinski definition) is 3. The Morgan fingerprint density at radius 3 is 2.27 bits per heavy atom. The Balaban J connectivity index is 0.00000357. The summed E-state index contributed by atoms with van der Waals surface area (Å²) in [6.45, 7) is 8.91. The molecule has 45 heavy (non-hydrogen) atoms. The van der Waals surface area contributed by atoms with Crippen LogP contribution in [0, 0.1) is 17.9 Å². The van der Waals surface area contributed by atoms with Gasteiger partial charge in [-0.25, -0.2) is 9.37 Å². The number of ether oxygens (including phenoxy) is 1. The molecule has 0 fully saturated rings. The first-order valence-corrected chi connectivity index (χ1v) is 14.8. The quantitative estimate of drug-likeness (QED) is 0.152. The summed E-state index contributed by atoms with van der Waals surface area (Å²) >= 11 is 0. The van der Waals surface area contributed by atoms with E-state index < -0.39 is 0 Å². The third-order valence-electron chi connectivity index (χ3n) is 7.96. The molecule has 226 valence electrons. The van der Waals surface area contributed by atoms with Gasteiger partial charge in [0, 0.05) is 41.0 Å². The maximum Gasteiger partial charge on any atom is 2.00 e. The molecule has 4 aromatic carbocycles. The van der Waals surface area contributed by atoms with Crippen molar-refractivity contribution < 1.29 is 30.2 Å². The van der Waals surface area contributed by atoms with Crippen LogP contribution in [-0.4, -0.2) is 19.3 Å². The summed E-state index contributed by atoms with van der Waals surface area (Å²) in [5, 5.41) is 6.71. The van der Waals surface area contributed by atoms with E-state index in [1.165, 1.54) is 35.0 Å². The fraction of sp³-hybridized carbons (Fsp3) is 0.158. The van der Waals surface area contributed by atoms with Crippen LogP contribution in [0.3, 0.4) is 0 Å². The van der Waals surface area contributed by atoms with Gasteiger partial charge < -0.3 is 9.30 Å². The van der Waals surface area contributed by atoms with Crippen molar-refractivity contribution in [3.63, 3.8) is 0 Å². The van der Waals surface area contributed by atoms with Gasteiger partial charge in [-0.3, -0.25) is 4.68 Å². The number of halogens is 1. The molecule has 7 aromatic rings. The van der Waals surface area contributed by atoms with Crippen molar-refractivity contribution in [1.82, 2.24) is 19.3 Å². The van der Waals surface area contributed by atoms with Crippen LogP contribution in [-0.2, 0) is 21.1 Å². The predicted octanol–water partition coefficient (Wildman–Crippen LogP) is 9.81. The molecule has 0 amide bonds. The summed E-state index contributed by atoms with van der Waals surface area (Å²) in [6, 6.07) is 33.7. The van der Waals surface area contributed by atoms with E-state index >= 15 is 0 Å². The zero-order chi connectivity index (χ0) is 30.4. The standard InChI is InChI=1S/C38H31FN4O.Pt/c1-24(2)31-12-8-13-32(25(3)4)38(31)26-22-41-42(23-26)28-9-7-10-29(20-28)44-30-15-16-34-33-11-5-6-14-35(33)43(36(34)21-30)37-19-27(39)17-18-40-37;/h5-19,22-25H,1-4H3;/q-2;+2. The molecule has 0 atom stereocenters. The molecule has 3 heterocycles. The molecular weight excluding hydrogens is 743 g/mol. The minimum absolute atomic E-state index is 0. The number of fused-ring (bicyclic) bond motifs is 3. The van der Waals surface area contributed by atoms with Gasteiger partial charge in [0.15, 0.2) is 0 Å². The molecule has 0 radical (unpaired) electrons. The largest absolute Gasteiger partial charge is 2.00 e. The van der Waals surface area contributed by atoms with Crippen molar-refractivity contribution >= 4 is 21.8 Å². The Morgan fingerprint density at radius 2 is 1.51 bits per heavy atom. The second-order valence-electron chi connectivity index (χ2n) is 11.6. The van der Waals surface area contributed by atoms with Crippen molar-refractivity contribution in [2.24, 2.45) is 0 Å². The Morgan fingerprint density at radius 1 is 0.778 bits per heavy atom. The Bertz CT molecular complexity index is 2120. The van der Waals surface area contributed by atoms with Crippen LogP contribution in [0.4, 0.5) is 4.39 Å². The molecule has 5 nitrogen and oxygen atoms in total. The molecule has 0 unspecified atom stereocenters. The van der Waals surface area contributed by atoms with Gasteiger partial charge in [-0.15, -0.1) is 35.7 Å². The van der Waals surface area contributed by atoms with Crippen LogP contribution in [0.15, 0.2) is 104 Å². The minimum atomic E-state index is -0.352. The molecule has 7 heteroatoms. The van der Waals surface area contributed by atoms with E-state index in [-0.39, 0.29) is 26.9 Å². The molecule has 0 bridgehead atoms. The van der Waals surface area contributed by atoms with Gasteiger partial charge in [0.2, 0.25) is 0 Å². The van der Waals surface area contributed by atoms with E-state index in [0.29, 0.717) is 29.2 Å². The average molecular weight is 774 g/mol. The summed E-state index contributed by atoms with van der Waals surface area (Å²) in [5.41, 5.74) is 7.39. The smallest absolute Gasteiger partial charge is 0.509 e. The SMILES string of the molecule is CC(C)c1cccc(C(C)C)c1-c1cnn(-c2[c-]c(Oc3[c-]c4c(cc3)c3ccccc3n4-c3cc(F)ccn3)ccc2)c1.[Pt+2]. The number of pyridine rings is 1. The first-order chi connectivity index (χ1) is 21.4. The second-order valence-corrected chi connectivity index (χ2v) is 11.6. The van der Waals surface area contributed by atoms with Gasteiger partial charge in [0.05, 0.1) is 6.20 Å². The molecule has 7 rings (SSSR count). The van der Waals surface area contributed by atoms with Crippen molar-refractivity contribution in [3.05, 3.63) is 133 Å². The maximum absolute atomic E-state index is 14.2. The minimum Gasteiger partial charge on any atom is -0.509 e. The maximum atomic E-state index is 14.2. The zero-order valence-electron chi connectivity index (χ0n) is 25.4. The fourth-order valence-corrected chi connectivity index (χ4v) is 5.90. The van der Waals surface area contributed by atoms with E-state index in [9.17, 15) is 4.39 Å². The van der Waals surface area contributed by atoms with E-state index in [0.717, 1.165) is 33.1 Å². The van der Waals surface area contributed by atoms with Crippen LogP contribution < -0.4 is 4.74 Å². The van der Waals surface area contributed by atoms with E-state index in [4.69, 9.17) is 9.84 Å². The van der Waals surface area contributed by atoms with Crippen LogP contribution >= 0.6 is 0 Å². The third kappa shape index (κ3) is 5.71. The summed E-state index contributed by atoms with van der Waals surface area (Å²) in [4.78, 5) is 4.44. The summed E-state index contributed by atoms with van der Waals surface area (Å²) in [7, 11) is 0. The third-order valence-corrected chi connectivity index (χ3v) is 7.96. The van der Waals surface area contributed by atoms with E-state index in [1.807, 2.05) is 70.0 Å². The van der Waals surface area contributed by atoms with Crippen LogP contribution in [0.5, 0.6) is 11.5 Å². The number of rotatable bonds is 7. The van der Waals surface area contributed by atoms with Gasteiger partial charge in [-0.2, -0.15) is 17.2 Å². The van der Waals surface area contributed by atoms with Crippen LogP contribution in [0.2, 0.25) is 0 Å². The molecule has 0 saturated carbocycles. The van der Waals surface area contributed by atoms with Gasteiger partial charge in [-0.1, -0.05) is 69.6 Å². The predicted molar refractivity (Wildman–Crippen MR) is 173 cm³/mol. The molecule has 0 aliphatic carbocycles. The molecule has 0 aliphatic rings. The summed E-state index contributed by atoms with van der Waals surface area (Å²) in [5.74, 6) is 1.95. The van der Waals surface area contributed by atoms with Gasteiger partial charge >= 0.3 is 21.1 Å². The Labute approximate surface area is 276 Å². The fourth-order valence-electron chi connectivity index (χ4n) is 5.90. The number of nitrogens with zero attached hydrogens (tertiary/aromatic N) is 4. The van der Waals surface area contributed by atoms with Crippen molar-refractivity contribution in [1.29, 1.82) is 0 Å². The van der Waals surface area contributed by atoms with Crippen LogP contribution in [0.1, 0.15) is 50.7 Å². The van der Waals surface area contributed by atoms with Crippen molar-refractivity contribution in [2.45, 2.75) is 39.5 Å². The van der Waals surface area contributed by atoms with E-state index in [2.05, 4.69) is 69.2 Å². The molecule has 3 aromatic heterocycles. The van der Waals surface area contributed by atoms with Gasteiger partial charge in [0.25, 0.3) is 0 Å². The Hall–Kier alpha value is -4.54. The molecule has 0 spiro atoms. The first kappa shape index (κ1) is 30.5. The molecular formula is C38H31FN4OPt. The number of hydrogen-bond donors (Lipinski definition) is 0. The van der Waals surface area contributed by atoms with Crippen molar-refractivity contribution in [3.8, 4) is 34.1 Å². The average Bonchev–Trinajstić information content (AvgIpc) is 3.64. The number of benzene rings is 4. The van der Waals surface area contributed by atoms with E-state index in [1.54, 1.807) is 0 Å². The number of aromatic nitrogens is 4. The normalized spacial score (nSPS) is 11.4. The van der Waals surface area contributed by atoms with Crippen LogP contribution in [0.25, 0.3) is 44.4 Å². The zero-order valence-corrected chi connectivity index (χ0v) is 27.6. The van der Waals surface area contributed by atoms with Gasteiger partial charge in [0.1, 0.15) is 11.6 Å². The van der Waals surface area contributed by atoms with Crippen molar-refractivity contribution in [2.75, 3.05) is 0 Å². The monoisotopic (exact) mass is 773 g/mol. The summed E-state index contributed by atoms with van der Waals surface area (Å²) < 4.78 is 24.3. The Kier molecular flexibility index (Phi) is 8.44. The first-order valence-electron chi connectivity index (χ1n) is 14.8.